The molecular weight excluding hydrogens is 413 g/mol. The van der Waals surface area contributed by atoms with Gasteiger partial charge in [-0.1, -0.05) is 42.1 Å². The maximum atomic E-state index is 14.5. The molecular formula is C24H20FN3O2S. The van der Waals surface area contributed by atoms with Crippen molar-refractivity contribution in [1.82, 2.24) is 9.55 Å². The first-order chi connectivity index (χ1) is 14.9. The number of amides is 1. The molecule has 1 amide bonds. The van der Waals surface area contributed by atoms with E-state index in [2.05, 4.69) is 10.3 Å². The van der Waals surface area contributed by atoms with Crippen LogP contribution in [-0.2, 0) is 4.79 Å². The summed E-state index contributed by atoms with van der Waals surface area (Å²) < 4.78 is 15.7. The highest BCUT2D eigenvalue weighted by Crippen LogP contribution is 2.23. The Morgan fingerprint density at radius 2 is 1.77 bits per heavy atom. The van der Waals surface area contributed by atoms with E-state index in [0.29, 0.717) is 16.6 Å². The Morgan fingerprint density at radius 3 is 2.55 bits per heavy atom. The minimum Gasteiger partial charge on any atom is -0.325 e. The summed E-state index contributed by atoms with van der Waals surface area (Å²) in [4.78, 5) is 30.2. The first-order valence-corrected chi connectivity index (χ1v) is 10.7. The van der Waals surface area contributed by atoms with Crippen LogP contribution in [0.2, 0.25) is 0 Å². The summed E-state index contributed by atoms with van der Waals surface area (Å²) in [6.45, 7) is 3.98. The summed E-state index contributed by atoms with van der Waals surface area (Å²) in [5.74, 6) is -0.759. The van der Waals surface area contributed by atoms with Crippen molar-refractivity contribution in [2.24, 2.45) is 0 Å². The second kappa shape index (κ2) is 8.73. The molecule has 4 aromatic rings. The Kier molecular flexibility index (Phi) is 5.86. The lowest BCUT2D eigenvalue weighted by Crippen LogP contribution is -2.23. The van der Waals surface area contributed by atoms with Crippen molar-refractivity contribution in [2.75, 3.05) is 11.1 Å². The van der Waals surface area contributed by atoms with E-state index in [1.807, 2.05) is 32.0 Å². The highest BCUT2D eigenvalue weighted by Gasteiger charge is 2.17. The molecule has 156 valence electrons. The van der Waals surface area contributed by atoms with Gasteiger partial charge in [0.25, 0.3) is 5.56 Å². The van der Waals surface area contributed by atoms with Crippen LogP contribution < -0.4 is 10.9 Å². The summed E-state index contributed by atoms with van der Waals surface area (Å²) in [7, 11) is 0. The molecule has 0 fully saturated rings. The van der Waals surface area contributed by atoms with E-state index in [-0.39, 0.29) is 28.1 Å². The molecule has 0 spiro atoms. The molecule has 5 nitrogen and oxygen atoms in total. The number of para-hydroxylation sites is 2. The summed E-state index contributed by atoms with van der Waals surface area (Å²) in [6, 6.07) is 18.6. The summed E-state index contributed by atoms with van der Waals surface area (Å²) in [5, 5.41) is 3.49. The number of nitrogens with one attached hydrogen (secondary N) is 1. The van der Waals surface area contributed by atoms with E-state index in [1.54, 1.807) is 36.4 Å². The fourth-order valence-electron chi connectivity index (χ4n) is 3.20. The molecule has 0 bridgehead atoms. The van der Waals surface area contributed by atoms with E-state index in [1.165, 1.54) is 16.7 Å². The van der Waals surface area contributed by atoms with Gasteiger partial charge >= 0.3 is 0 Å². The van der Waals surface area contributed by atoms with E-state index in [0.717, 1.165) is 22.9 Å². The molecule has 31 heavy (non-hydrogen) atoms. The third-order valence-corrected chi connectivity index (χ3v) is 5.90. The first-order valence-electron chi connectivity index (χ1n) is 9.70. The molecule has 0 aliphatic rings. The van der Waals surface area contributed by atoms with Crippen molar-refractivity contribution in [1.29, 1.82) is 0 Å². The van der Waals surface area contributed by atoms with Crippen LogP contribution in [0, 0.1) is 19.7 Å². The predicted molar refractivity (Wildman–Crippen MR) is 123 cm³/mol. The fraction of sp³-hybridized carbons (Fsp3) is 0.125. The number of aryl methyl sites for hydroxylation is 2. The Labute approximate surface area is 182 Å². The smallest absolute Gasteiger partial charge is 0.266 e. The number of aromatic nitrogens is 2. The quantitative estimate of drug-likeness (QED) is 0.360. The number of hydrogen-bond acceptors (Lipinski definition) is 4. The number of fused-ring (bicyclic) bond motifs is 1. The zero-order chi connectivity index (χ0) is 22.0. The predicted octanol–water partition coefficient (Wildman–Crippen LogP) is 4.87. The van der Waals surface area contributed by atoms with Crippen LogP contribution in [-0.4, -0.2) is 21.2 Å². The van der Waals surface area contributed by atoms with E-state index < -0.39 is 5.82 Å². The van der Waals surface area contributed by atoms with Crippen molar-refractivity contribution in [3.63, 3.8) is 0 Å². The van der Waals surface area contributed by atoms with Crippen molar-refractivity contribution >= 4 is 34.3 Å². The van der Waals surface area contributed by atoms with Crippen molar-refractivity contribution in [3.8, 4) is 5.69 Å². The number of halogens is 1. The first kappa shape index (κ1) is 20.8. The molecule has 0 atom stereocenters. The molecule has 7 heteroatoms. The van der Waals surface area contributed by atoms with Gasteiger partial charge in [0.2, 0.25) is 5.91 Å². The largest absolute Gasteiger partial charge is 0.325 e. The van der Waals surface area contributed by atoms with Crippen molar-refractivity contribution in [3.05, 3.63) is 94.0 Å². The van der Waals surface area contributed by atoms with Gasteiger partial charge in [0.05, 0.1) is 22.3 Å². The minimum atomic E-state index is -0.539. The molecule has 0 unspecified atom stereocenters. The standard InChI is InChI=1S/C24H20FN3O2S/c1-15-11-12-17(13-16(15)2)26-22(29)14-31-24-27-20-9-5-3-7-18(20)23(30)28(24)21-10-6-4-8-19(21)25/h3-13H,14H2,1-2H3,(H,26,29). The molecule has 0 saturated carbocycles. The lowest BCUT2D eigenvalue weighted by atomic mass is 10.1. The second-order valence-electron chi connectivity index (χ2n) is 7.14. The van der Waals surface area contributed by atoms with Gasteiger partial charge in [-0.05, 0) is 61.4 Å². The number of anilines is 1. The van der Waals surface area contributed by atoms with Crippen LogP contribution in [0.25, 0.3) is 16.6 Å². The van der Waals surface area contributed by atoms with Crippen LogP contribution in [0.1, 0.15) is 11.1 Å². The van der Waals surface area contributed by atoms with Gasteiger partial charge in [-0.25, -0.2) is 9.37 Å². The summed E-state index contributed by atoms with van der Waals surface area (Å²) >= 11 is 1.09. The third kappa shape index (κ3) is 4.36. The molecule has 3 aromatic carbocycles. The maximum Gasteiger partial charge on any atom is 0.266 e. The monoisotopic (exact) mass is 433 g/mol. The highest BCUT2D eigenvalue weighted by atomic mass is 32.2. The average molecular weight is 434 g/mol. The molecule has 0 aliphatic carbocycles. The lowest BCUT2D eigenvalue weighted by molar-refractivity contribution is -0.113. The zero-order valence-electron chi connectivity index (χ0n) is 17.1. The fourth-order valence-corrected chi connectivity index (χ4v) is 4.01. The second-order valence-corrected chi connectivity index (χ2v) is 8.08. The molecule has 0 saturated heterocycles. The van der Waals surface area contributed by atoms with Crippen LogP contribution in [0.15, 0.2) is 76.7 Å². The van der Waals surface area contributed by atoms with Gasteiger partial charge in [-0.15, -0.1) is 0 Å². The normalized spacial score (nSPS) is 10.9. The molecule has 4 rings (SSSR count). The number of hydrogen-bond donors (Lipinski definition) is 1. The average Bonchev–Trinajstić information content (AvgIpc) is 2.76. The Morgan fingerprint density at radius 1 is 1.03 bits per heavy atom. The summed E-state index contributed by atoms with van der Waals surface area (Å²) in [5.41, 5.74) is 3.14. The SMILES string of the molecule is Cc1ccc(NC(=O)CSc2nc3ccccc3c(=O)n2-c2ccccc2F)cc1C. The summed E-state index contributed by atoms with van der Waals surface area (Å²) in [6.07, 6.45) is 0. The van der Waals surface area contributed by atoms with Crippen molar-refractivity contribution in [2.45, 2.75) is 19.0 Å². The number of nitrogens with zero attached hydrogens (tertiary/aromatic N) is 2. The number of rotatable bonds is 5. The van der Waals surface area contributed by atoms with E-state index in [9.17, 15) is 14.0 Å². The van der Waals surface area contributed by atoms with Crippen LogP contribution in [0.4, 0.5) is 10.1 Å². The van der Waals surface area contributed by atoms with Crippen LogP contribution in [0.5, 0.6) is 0 Å². The van der Waals surface area contributed by atoms with Crippen molar-refractivity contribution < 1.29 is 9.18 Å². The number of thioether (sulfide) groups is 1. The van der Waals surface area contributed by atoms with Crippen LogP contribution in [0.3, 0.4) is 0 Å². The topological polar surface area (TPSA) is 64.0 Å². The van der Waals surface area contributed by atoms with E-state index in [4.69, 9.17) is 0 Å². The Hall–Kier alpha value is -3.45. The minimum absolute atomic E-state index is 0.0200. The molecule has 1 N–H and O–H groups in total. The van der Waals surface area contributed by atoms with Crippen LogP contribution >= 0.6 is 11.8 Å². The number of carbonyl (C=O) groups excluding carboxylic acids is 1. The highest BCUT2D eigenvalue weighted by molar-refractivity contribution is 7.99. The number of benzene rings is 3. The maximum absolute atomic E-state index is 14.5. The Bertz CT molecular complexity index is 1350. The third-order valence-electron chi connectivity index (χ3n) is 4.96. The lowest BCUT2D eigenvalue weighted by Gasteiger charge is -2.14. The van der Waals surface area contributed by atoms with Gasteiger partial charge in [0, 0.05) is 5.69 Å². The number of carbonyl (C=O) groups is 1. The van der Waals surface area contributed by atoms with Gasteiger partial charge in [-0.3, -0.25) is 14.2 Å². The van der Waals surface area contributed by atoms with Gasteiger partial charge in [0.15, 0.2) is 5.16 Å². The zero-order valence-corrected chi connectivity index (χ0v) is 17.9. The van der Waals surface area contributed by atoms with E-state index >= 15 is 0 Å². The molecule has 0 aliphatic heterocycles. The Balaban J connectivity index is 1.67. The van der Waals surface area contributed by atoms with Gasteiger partial charge in [0.1, 0.15) is 5.82 Å². The van der Waals surface area contributed by atoms with Gasteiger partial charge in [-0.2, -0.15) is 0 Å². The molecule has 1 aromatic heterocycles. The van der Waals surface area contributed by atoms with Gasteiger partial charge < -0.3 is 5.32 Å². The molecule has 0 radical (unpaired) electrons. The molecule has 1 heterocycles.